The Morgan fingerprint density at radius 2 is 2.32 bits per heavy atom. The first-order valence-electron chi connectivity index (χ1n) is 6.59. The molecular weight excluding hydrogens is 242 g/mol. The number of aliphatic carboxylic acids is 1. The number of nitriles is 1. The maximum atomic E-state index is 10.4. The second-order valence-electron chi connectivity index (χ2n) is 4.73. The smallest absolute Gasteiger partial charge is 0.303 e. The fourth-order valence-electron chi connectivity index (χ4n) is 2.30. The predicted octanol–water partition coefficient (Wildman–Crippen LogP) is 2.11. The third-order valence-corrected chi connectivity index (χ3v) is 3.28. The van der Waals surface area contributed by atoms with E-state index in [1.807, 2.05) is 6.07 Å². The summed E-state index contributed by atoms with van der Waals surface area (Å²) < 4.78 is 0. The molecule has 1 aliphatic rings. The Hall–Kier alpha value is -2.09. The highest BCUT2D eigenvalue weighted by molar-refractivity contribution is 5.66. The highest BCUT2D eigenvalue weighted by Crippen LogP contribution is 2.24. The van der Waals surface area contributed by atoms with Crippen molar-refractivity contribution < 1.29 is 9.90 Å². The standard InChI is InChI=1S/C14H17N3O2/c15-9-11-8-10-4-3-5-12(10)17-14(11)16-7-2-1-6-13(18)19/h8H,1-7H2,(H,16,17)(H,18,19). The average Bonchev–Trinajstić information content (AvgIpc) is 2.83. The van der Waals surface area contributed by atoms with E-state index >= 15 is 0 Å². The SMILES string of the molecule is N#Cc1cc2c(nc1NCCCCC(=O)O)CCC2. The minimum atomic E-state index is -0.770. The molecule has 0 amide bonds. The Bertz CT molecular complexity index is 520. The van der Waals surface area contributed by atoms with E-state index < -0.39 is 5.97 Å². The number of carboxylic acids is 1. The van der Waals surface area contributed by atoms with Gasteiger partial charge in [0.1, 0.15) is 11.9 Å². The van der Waals surface area contributed by atoms with Crippen molar-refractivity contribution >= 4 is 11.8 Å². The Labute approximate surface area is 112 Å². The van der Waals surface area contributed by atoms with E-state index in [2.05, 4.69) is 16.4 Å². The predicted molar refractivity (Wildman–Crippen MR) is 71.0 cm³/mol. The molecule has 19 heavy (non-hydrogen) atoms. The van der Waals surface area contributed by atoms with Crippen LogP contribution in [0, 0.1) is 11.3 Å². The Kier molecular flexibility index (Phi) is 4.35. The van der Waals surface area contributed by atoms with Crippen molar-refractivity contribution in [2.45, 2.75) is 38.5 Å². The van der Waals surface area contributed by atoms with Crippen molar-refractivity contribution in [1.82, 2.24) is 4.98 Å². The summed E-state index contributed by atoms with van der Waals surface area (Å²) in [7, 11) is 0. The third kappa shape index (κ3) is 3.44. The second kappa shape index (κ2) is 6.19. The largest absolute Gasteiger partial charge is 0.481 e. The molecule has 0 atom stereocenters. The van der Waals surface area contributed by atoms with Gasteiger partial charge in [-0.2, -0.15) is 5.26 Å². The first-order chi connectivity index (χ1) is 9.20. The van der Waals surface area contributed by atoms with E-state index in [1.165, 1.54) is 5.56 Å². The van der Waals surface area contributed by atoms with Crippen molar-refractivity contribution in [3.8, 4) is 6.07 Å². The Morgan fingerprint density at radius 1 is 1.47 bits per heavy atom. The number of carboxylic acid groups (broad SMARTS) is 1. The Morgan fingerprint density at radius 3 is 3.05 bits per heavy atom. The molecule has 5 heteroatoms. The van der Waals surface area contributed by atoms with Gasteiger partial charge in [-0.25, -0.2) is 4.98 Å². The highest BCUT2D eigenvalue weighted by Gasteiger charge is 2.16. The molecule has 0 radical (unpaired) electrons. The van der Waals surface area contributed by atoms with Crippen LogP contribution in [0.25, 0.3) is 0 Å². The molecule has 1 aromatic rings. The first-order valence-corrected chi connectivity index (χ1v) is 6.59. The number of anilines is 1. The van der Waals surface area contributed by atoms with Crippen LogP contribution in [0.4, 0.5) is 5.82 Å². The minimum Gasteiger partial charge on any atom is -0.481 e. The molecule has 1 aliphatic carbocycles. The summed E-state index contributed by atoms with van der Waals surface area (Å²) in [6.45, 7) is 0.647. The van der Waals surface area contributed by atoms with Crippen LogP contribution in [-0.4, -0.2) is 22.6 Å². The number of unbranched alkanes of at least 4 members (excludes halogenated alkanes) is 1. The van der Waals surface area contributed by atoms with Crippen LogP contribution in [0.5, 0.6) is 0 Å². The van der Waals surface area contributed by atoms with Gasteiger partial charge in [0.25, 0.3) is 0 Å². The summed E-state index contributed by atoms with van der Waals surface area (Å²) in [5, 5.41) is 20.8. The lowest BCUT2D eigenvalue weighted by Gasteiger charge is -2.09. The van der Waals surface area contributed by atoms with E-state index in [4.69, 9.17) is 10.4 Å². The van der Waals surface area contributed by atoms with E-state index in [1.54, 1.807) is 0 Å². The Balaban J connectivity index is 1.93. The lowest BCUT2D eigenvalue weighted by molar-refractivity contribution is -0.137. The van der Waals surface area contributed by atoms with Crippen LogP contribution < -0.4 is 5.32 Å². The zero-order valence-electron chi connectivity index (χ0n) is 10.8. The molecule has 0 aliphatic heterocycles. The van der Waals surface area contributed by atoms with Gasteiger partial charge in [0, 0.05) is 18.7 Å². The van der Waals surface area contributed by atoms with Crippen molar-refractivity contribution in [2.75, 3.05) is 11.9 Å². The molecule has 1 aromatic heterocycles. The number of fused-ring (bicyclic) bond motifs is 1. The van der Waals surface area contributed by atoms with Crippen molar-refractivity contribution in [2.24, 2.45) is 0 Å². The van der Waals surface area contributed by atoms with Gasteiger partial charge in [0.15, 0.2) is 0 Å². The molecule has 0 aromatic carbocycles. The summed E-state index contributed by atoms with van der Waals surface area (Å²) in [6, 6.07) is 4.09. The van der Waals surface area contributed by atoms with Gasteiger partial charge in [0.05, 0.1) is 5.56 Å². The number of hydrogen-bond donors (Lipinski definition) is 2. The molecule has 0 fully saturated rings. The summed E-state index contributed by atoms with van der Waals surface area (Å²) in [6.07, 6.45) is 4.68. The normalized spacial score (nSPS) is 12.8. The van der Waals surface area contributed by atoms with E-state index in [9.17, 15) is 4.79 Å². The first kappa shape index (κ1) is 13.3. The van der Waals surface area contributed by atoms with Gasteiger partial charge in [-0.15, -0.1) is 0 Å². The number of nitrogens with one attached hydrogen (secondary N) is 1. The molecule has 0 bridgehead atoms. The summed E-state index contributed by atoms with van der Waals surface area (Å²) in [5.41, 5.74) is 2.86. The molecule has 2 rings (SSSR count). The number of nitrogens with zero attached hydrogens (tertiary/aromatic N) is 2. The van der Waals surface area contributed by atoms with Crippen LogP contribution in [0.3, 0.4) is 0 Å². The molecular formula is C14H17N3O2. The number of rotatable bonds is 6. The molecule has 100 valence electrons. The molecule has 0 spiro atoms. The zero-order chi connectivity index (χ0) is 13.7. The van der Waals surface area contributed by atoms with Crippen molar-refractivity contribution in [1.29, 1.82) is 5.26 Å². The monoisotopic (exact) mass is 259 g/mol. The number of aromatic nitrogens is 1. The van der Waals surface area contributed by atoms with Gasteiger partial charge >= 0.3 is 5.97 Å². The van der Waals surface area contributed by atoms with Crippen LogP contribution in [0.15, 0.2) is 6.07 Å². The van der Waals surface area contributed by atoms with Crippen molar-refractivity contribution in [3.63, 3.8) is 0 Å². The van der Waals surface area contributed by atoms with Crippen LogP contribution >= 0.6 is 0 Å². The van der Waals surface area contributed by atoms with Gasteiger partial charge < -0.3 is 10.4 Å². The van der Waals surface area contributed by atoms with E-state index in [-0.39, 0.29) is 6.42 Å². The number of carbonyl (C=O) groups is 1. The van der Waals surface area contributed by atoms with Crippen LogP contribution in [0.1, 0.15) is 42.5 Å². The van der Waals surface area contributed by atoms with E-state index in [0.717, 1.165) is 31.4 Å². The average molecular weight is 259 g/mol. The third-order valence-electron chi connectivity index (χ3n) is 3.28. The maximum Gasteiger partial charge on any atom is 0.303 e. The summed E-state index contributed by atoms with van der Waals surface area (Å²) >= 11 is 0. The second-order valence-corrected chi connectivity index (χ2v) is 4.73. The van der Waals surface area contributed by atoms with E-state index in [0.29, 0.717) is 24.3 Å². The van der Waals surface area contributed by atoms with Gasteiger partial charge in [-0.3, -0.25) is 4.79 Å². The van der Waals surface area contributed by atoms with Crippen LogP contribution in [0.2, 0.25) is 0 Å². The quantitative estimate of drug-likeness (QED) is 0.764. The fraction of sp³-hybridized carbons (Fsp3) is 0.500. The summed E-state index contributed by atoms with van der Waals surface area (Å²) in [5.74, 6) is -0.133. The molecule has 0 saturated heterocycles. The minimum absolute atomic E-state index is 0.185. The molecule has 5 nitrogen and oxygen atoms in total. The van der Waals surface area contributed by atoms with Crippen LogP contribution in [-0.2, 0) is 17.6 Å². The lowest BCUT2D eigenvalue weighted by Crippen LogP contribution is -2.07. The highest BCUT2D eigenvalue weighted by atomic mass is 16.4. The zero-order valence-corrected chi connectivity index (χ0v) is 10.8. The molecule has 2 N–H and O–H groups in total. The molecule has 1 heterocycles. The lowest BCUT2D eigenvalue weighted by atomic mass is 10.1. The number of pyridine rings is 1. The number of hydrogen-bond acceptors (Lipinski definition) is 4. The maximum absolute atomic E-state index is 10.4. The van der Waals surface area contributed by atoms with Gasteiger partial charge in [0.2, 0.25) is 0 Å². The number of aryl methyl sites for hydroxylation is 2. The fourth-order valence-corrected chi connectivity index (χ4v) is 2.30. The van der Waals surface area contributed by atoms with Crippen molar-refractivity contribution in [3.05, 3.63) is 22.9 Å². The van der Waals surface area contributed by atoms with Gasteiger partial charge in [-0.1, -0.05) is 0 Å². The summed E-state index contributed by atoms with van der Waals surface area (Å²) in [4.78, 5) is 14.9. The topological polar surface area (TPSA) is 86.0 Å². The molecule has 0 saturated carbocycles. The van der Waals surface area contributed by atoms with Gasteiger partial charge in [-0.05, 0) is 43.7 Å². The molecule has 0 unspecified atom stereocenters.